The second-order valence-electron chi connectivity index (χ2n) is 3.78. The predicted molar refractivity (Wildman–Crippen MR) is 48.3 cm³/mol. The number of nitrogens with two attached hydrogens (primary N) is 1. The van der Waals surface area contributed by atoms with Gasteiger partial charge in [-0.3, -0.25) is 4.79 Å². The lowest BCUT2D eigenvalue weighted by Gasteiger charge is -2.05. The summed E-state index contributed by atoms with van der Waals surface area (Å²) in [6.07, 6.45) is 0.257. The zero-order chi connectivity index (χ0) is 11.2. The monoisotopic (exact) mass is 213 g/mol. The Morgan fingerprint density at radius 2 is 2.13 bits per heavy atom. The summed E-state index contributed by atoms with van der Waals surface area (Å²) in [4.78, 5) is 10.7. The molecule has 0 radical (unpaired) electrons. The van der Waals surface area contributed by atoms with Gasteiger partial charge >= 0.3 is 5.97 Å². The number of carboxylic acids is 1. The van der Waals surface area contributed by atoms with Gasteiger partial charge < -0.3 is 10.8 Å². The van der Waals surface area contributed by atoms with E-state index in [1.807, 2.05) is 0 Å². The zero-order valence-corrected chi connectivity index (χ0v) is 7.71. The van der Waals surface area contributed by atoms with E-state index in [-0.39, 0.29) is 6.42 Å². The predicted octanol–water partition coefficient (Wildman–Crippen LogP) is 1.23. The molecule has 2 rings (SSSR count). The first-order chi connectivity index (χ1) is 6.95. The molecule has 1 aliphatic rings. The van der Waals surface area contributed by atoms with Gasteiger partial charge in [0.2, 0.25) is 0 Å². The molecule has 1 aliphatic carbocycles. The topological polar surface area (TPSA) is 63.3 Å². The molecule has 0 aliphatic heterocycles. The SMILES string of the molecule is NC1(C(=O)O)CC1c1ccc(F)c(F)c1. The van der Waals surface area contributed by atoms with Crippen molar-refractivity contribution in [1.29, 1.82) is 0 Å². The number of rotatable bonds is 2. The van der Waals surface area contributed by atoms with E-state index in [1.54, 1.807) is 0 Å². The van der Waals surface area contributed by atoms with Crippen LogP contribution in [0, 0.1) is 11.6 Å². The van der Waals surface area contributed by atoms with Crippen molar-refractivity contribution in [2.24, 2.45) is 5.73 Å². The van der Waals surface area contributed by atoms with Crippen LogP contribution in [-0.2, 0) is 4.79 Å². The fraction of sp³-hybridized carbons (Fsp3) is 0.300. The molecule has 1 fully saturated rings. The van der Waals surface area contributed by atoms with Crippen LogP contribution in [-0.4, -0.2) is 16.6 Å². The van der Waals surface area contributed by atoms with Crippen molar-refractivity contribution in [2.75, 3.05) is 0 Å². The van der Waals surface area contributed by atoms with Gasteiger partial charge in [-0.2, -0.15) is 0 Å². The van der Waals surface area contributed by atoms with Crippen LogP contribution >= 0.6 is 0 Å². The van der Waals surface area contributed by atoms with Gasteiger partial charge in [0.1, 0.15) is 5.54 Å². The number of halogens is 2. The van der Waals surface area contributed by atoms with Crippen LogP contribution in [0.25, 0.3) is 0 Å². The summed E-state index contributed by atoms with van der Waals surface area (Å²) in [5.74, 6) is -3.47. The second-order valence-corrected chi connectivity index (χ2v) is 3.78. The Bertz CT molecular complexity index is 435. The molecule has 1 saturated carbocycles. The first-order valence-corrected chi connectivity index (χ1v) is 4.42. The standard InChI is InChI=1S/C10H9F2NO2/c11-7-2-1-5(3-8(7)12)6-4-10(6,13)9(14)15/h1-3,6H,4,13H2,(H,14,15). The van der Waals surface area contributed by atoms with E-state index in [1.165, 1.54) is 6.07 Å². The minimum Gasteiger partial charge on any atom is -0.480 e. The van der Waals surface area contributed by atoms with E-state index in [4.69, 9.17) is 10.8 Å². The van der Waals surface area contributed by atoms with E-state index in [0.717, 1.165) is 12.1 Å². The van der Waals surface area contributed by atoms with Crippen molar-refractivity contribution in [3.05, 3.63) is 35.4 Å². The quantitative estimate of drug-likeness (QED) is 0.776. The van der Waals surface area contributed by atoms with Gasteiger partial charge in [0.25, 0.3) is 0 Å². The fourth-order valence-electron chi connectivity index (χ4n) is 1.66. The molecule has 0 saturated heterocycles. The van der Waals surface area contributed by atoms with Crippen LogP contribution < -0.4 is 5.73 Å². The Morgan fingerprint density at radius 1 is 1.47 bits per heavy atom. The van der Waals surface area contributed by atoms with Crippen molar-refractivity contribution in [3.63, 3.8) is 0 Å². The summed E-state index contributed by atoms with van der Waals surface area (Å²) in [6.45, 7) is 0. The van der Waals surface area contributed by atoms with Gasteiger partial charge in [0.15, 0.2) is 11.6 Å². The average Bonchev–Trinajstić information content (AvgIpc) is 2.85. The zero-order valence-electron chi connectivity index (χ0n) is 7.71. The number of carbonyl (C=O) groups is 1. The number of carboxylic acid groups (broad SMARTS) is 1. The second kappa shape index (κ2) is 3.00. The van der Waals surface area contributed by atoms with Crippen molar-refractivity contribution < 1.29 is 18.7 Å². The van der Waals surface area contributed by atoms with Gasteiger partial charge in [-0.25, -0.2) is 8.78 Å². The summed E-state index contributed by atoms with van der Waals surface area (Å²) >= 11 is 0. The highest BCUT2D eigenvalue weighted by Crippen LogP contribution is 2.49. The Labute approximate surface area is 84.5 Å². The third-order valence-electron chi connectivity index (χ3n) is 2.75. The van der Waals surface area contributed by atoms with Crippen molar-refractivity contribution >= 4 is 5.97 Å². The van der Waals surface area contributed by atoms with Gasteiger partial charge in [-0.05, 0) is 24.1 Å². The third-order valence-corrected chi connectivity index (χ3v) is 2.75. The lowest BCUT2D eigenvalue weighted by atomic mass is 10.1. The molecule has 3 N–H and O–H groups in total. The normalized spacial score (nSPS) is 28.9. The van der Waals surface area contributed by atoms with Crippen LogP contribution in [0.4, 0.5) is 8.78 Å². The van der Waals surface area contributed by atoms with E-state index in [2.05, 4.69) is 0 Å². The lowest BCUT2D eigenvalue weighted by molar-refractivity contribution is -0.139. The van der Waals surface area contributed by atoms with Crippen LogP contribution in [0.3, 0.4) is 0 Å². The average molecular weight is 213 g/mol. The number of aliphatic carboxylic acids is 1. The maximum atomic E-state index is 12.9. The minimum absolute atomic E-state index is 0.257. The Kier molecular flexibility index (Phi) is 2.01. The summed E-state index contributed by atoms with van der Waals surface area (Å²) in [5, 5.41) is 8.78. The van der Waals surface area contributed by atoms with Crippen LogP contribution in [0.15, 0.2) is 18.2 Å². The van der Waals surface area contributed by atoms with Gasteiger partial charge in [-0.15, -0.1) is 0 Å². The van der Waals surface area contributed by atoms with Gasteiger partial charge in [-0.1, -0.05) is 6.07 Å². The molecule has 0 bridgehead atoms. The van der Waals surface area contributed by atoms with E-state index in [0.29, 0.717) is 5.56 Å². The van der Waals surface area contributed by atoms with Crippen molar-refractivity contribution in [3.8, 4) is 0 Å². The summed E-state index contributed by atoms with van der Waals surface area (Å²) < 4.78 is 25.5. The number of benzene rings is 1. The first kappa shape index (κ1) is 10.0. The molecule has 5 heteroatoms. The number of hydrogen-bond acceptors (Lipinski definition) is 2. The van der Waals surface area contributed by atoms with Crippen molar-refractivity contribution in [2.45, 2.75) is 17.9 Å². The van der Waals surface area contributed by atoms with Crippen LogP contribution in [0.1, 0.15) is 17.9 Å². The first-order valence-electron chi connectivity index (χ1n) is 4.42. The molecule has 2 atom stereocenters. The molecule has 0 heterocycles. The number of hydrogen-bond donors (Lipinski definition) is 2. The highest BCUT2D eigenvalue weighted by Gasteiger charge is 2.58. The highest BCUT2D eigenvalue weighted by atomic mass is 19.2. The van der Waals surface area contributed by atoms with Gasteiger partial charge in [0.05, 0.1) is 0 Å². The molecule has 80 valence electrons. The summed E-state index contributed by atoms with van der Waals surface area (Å²) in [6, 6.07) is 3.34. The molecule has 1 aromatic rings. The van der Waals surface area contributed by atoms with E-state index < -0.39 is 29.1 Å². The Balaban J connectivity index is 2.27. The highest BCUT2D eigenvalue weighted by molar-refractivity contribution is 5.84. The molecule has 1 aromatic carbocycles. The molecule has 15 heavy (non-hydrogen) atoms. The molecular weight excluding hydrogens is 204 g/mol. The Hall–Kier alpha value is -1.49. The maximum Gasteiger partial charge on any atom is 0.324 e. The molecule has 0 aromatic heterocycles. The largest absolute Gasteiger partial charge is 0.480 e. The van der Waals surface area contributed by atoms with E-state index in [9.17, 15) is 13.6 Å². The third kappa shape index (κ3) is 1.48. The van der Waals surface area contributed by atoms with Crippen LogP contribution in [0.2, 0.25) is 0 Å². The Morgan fingerprint density at radius 3 is 2.60 bits per heavy atom. The molecule has 0 amide bonds. The summed E-state index contributed by atoms with van der Waals surface area (Å²) in [5.41, 5.74) is 4.65. The maximum absolute atomic E-state index is 12.9. The van der Waals surface area contributed by atoms with E-state index >= 15 is 0 Å². The van der Waals surface area contributed by atoms with Crippen LogP contribution in [0.5, 0.6) is 0 Å². The summed E-state index contributed by atoms with van der Waals surface area (Å²) in [7, 11) is 0. The fourth-order valence-corrected chi connectivity index (χ4v) is 1.66. The molecule has 2 unspecified atom stereocenters. The lowest BCUT2D eigenvalue weighted by Crippen LogP contribution is -2.34. The van der Waals surface area contributed by atoms with Crippen molar-refractivity contribution in [1.82, 2.24) is 0 Å². The molecule has 3 nitrogen and oxygen atoms in total. The molecule has 0 spiro atoms. The smallest absolute Gasteiger partial charge is 0.324 e. The van der Waals surface area contributed by atoms with Gasteiger partial charge in [0, 0.05) is 5.92 Å². The minimum atomic E-state index is -1.32. The molecular formula is C10H9F2NO2.